The van der Waals surface area contributed by atoms with Gasteiger partial charge in [0.05, 0.1) is 17.9 Å². The quantitative estimate of drug-likeness (QED) is 0.259. The minimum Gasteiger partial charge on any atom is -0.462 e. The molecule has 1 N–H and O–H groups in total. The summed E-state index contributed by atoms with van der Waals surface area (Å²) in [5.41, 5.74) is 4.93. The van der Waals surface area contributed by atoms with Crippen molar-refractivity contribution in [2.45, 2.75) is 39.8 Å². The highest BCUT2D eigenvalue weighted by atomic mass is 32.2. The van der Waals surface area contributed by atoms with Gasteiger partial charge in [-0.05, 0) is 58.4 Å². The molecule has 0 bridgehead atoms. The van der Waals surface area contributed by atoms with E-state index in [-0.39, 0.29) is 18.3 Å². The van der Waals surface area contributed by atoms with Gasteiger partial charge in [0.15, 0.2) is 11.0 Å². The van der Waals surface area contributed by atoms with Crippen LogP contribution in [0.3, 0.4) is 0 Å². The zero-order chi connectivity index (χ0) is 26.0. The number of aryl methyl sites for hydroxylation is 4. The Bertz CT molecular complexity index is 1400. The number of ether oxygens (including phenoxy) is 1. The van der Waals surface area contributed by atoms with Crippen LogP contribution in [0.2, 0.25) is 0 Å². The SMILES string of the molecule is CCOC(=O)c1c(NC(=O)CSc2nnc(-c3cc(C)n(C)n3)n2-c2ccc(C)cc2)sc(C)c1C. The molecule has 4 aromatic rings. The van der Waals surface area contributed by atoms with Gasteiger partial charge in [-0.3, -0.25) is 14.0 Å². The van der Waals surface area contributed by atoms with Gasteiger partial charge >= 0.3 is 5.97 Å². The average Bonchev–Trinajstić information content (AvgIpc) is 3.48. The molecule has 0 radical (unpaired) electrons. The second kappa shape index (κ2) is 10.7. The largest absolute Gasteiger partial charge is 0.462 e. The summed E-state index contributed by atoms with van der Waals surface area (Å²) in [4.78, 5) is 26.3. The molecule has 0 saturated heterocycles. The third kappa shape index (κ3) is 5.21. The van der Waals surface area contributed by atoms with E-state index >= 15 is 0 Å². The van der Waals surface area contributed by atoms with E-state index < -0.39 is 5.97 Å². The third-order valence-corrected chi connectivity index (χ3v) is 7.77. The van der Waals surface area contributed by atoms with Gasteiger partial charge in [0.1, 0.15) is 10.7 Å². The van der Waals surface area contributed by atoms with Crippen molar-refractivity contribution in [3.8, 4) is 17.2 Å². The molecule has 0 aliphatic carbocycles. The van der Waals surface area contributed by atoms with Crippen LogP contribution in [0.5, 0.6) is 0 Å². The highest BCUT2D eigenvalue weighted by Gasteiger charge is 2.23. The van der Waals surface area contributed by atoms with Crippen LogP contribution in [0.25, 0.3) is 17.2 Å². The van der Waals surface area contributed by atoms with E-state index in [2.05, 4.69) is 20.6 Å². The molecule has 0 fully saturated rings. The second-order valence-corrected chi connectivity index (χ2v) is 10.5. The number of carbonyl (C=O) groups is 2. The third-order valence-electron chi connectivity index (χ3n) is 5.72. The Labute approximate surface area is 217 Å². The predicted molar refractivity (Wildman–Crippen MR) is 142 cm³/mol. The molecule has 4 rings (SSSR count). The zero-order valence-electron chi connectivity index (χ0n) is 21.1. The van der Waals surface area contributed by atoms with Crippen molar-refractivity contribution in [2.75, 3.05) is 17.7 Å². The van der Waals surface area contributed by atoms with Gasteiger partial charge in [-0.1, -0.05) is 29.5 Å². The van der Waals surface area contributed by atoms with Crippen LogP contribution in [0.15, 0.2) is 35.5 Å². The van der Waals surface area contributed by atoms with Gasteiger partial charge in [0, 0.05) is 23.3 Å². The Kier molecular flexibility index (Phi) is 7.60. The Hall–Kier alpha value is -3.44. The summed E-state index contributed by atoms with van der Waals surface area (Å²) in [5.74, 6) is 0.000477. The smallest absolute Gasteiger partial charge is 0.341 e. The zero-order valence-corrected chi connectivity index (χ0v) is 22.7. The highest BCUT2D eigenvalue weighted by molar-refractivity contribution is 7.99. The molecule has 3 aromatic heterocycles. The molecule has 9 nitrogen and oxygen atoms in total. The fourth-order valence-electron chi connectivity index (χ4n) is 3.58. The lowest BCUT2D eigenvalue weighted by atomic mass is 10.1. The van der Waals surface area contributed by atoms with Gasteiger partial charge in [0.25, 0.3) is 0 Å². The molecule has 0 spiro atoms. The molecule has 0 saturated carbocycles. The summed E-state index contributed by atoms with van der Waals surface area (Å²) in [7, 11) is 1.88. The summed E-state index contributed by atoms with van der Waals surface area (Å²) in [6.45, 7) is 9.79. The molecular weight excluding hydrogens is 496 g/mol. The number of nitrogens with zero attached hydrogens (tertiary/aromatic N) is 5. The molecule has 11 heteroatoms. The van der Waals surface area contributed by atoms with Crippen LogP contribution in [0, 0.1) is 27.7 Å². The van der Waals surface area contributed by atoms with Crippen molar-refractivity contribution >= 4 is 40.0 Å². The Morgan fingerprint density at radius 2 is 1.83 bits per heavy atom. The van der Waals surface area contributed by atoms with Crippen LogP contribution in [0.1, 0.15) is 39.0 Å². The topological polar surface area (TPSA) is 104 Å². The van der Waals surface area contributed by atoms with E-state index in [1.54, 1.807) is 11.6 Å². The molecule has 1 aromatic carbocycles. The number of benzene rings is 1. The molecule has 1 amide bonds. The molecule has 0 atom stereocenters. The summed E-state index contributed by atoms with van der Waals surface area (Å²) >= 11 is 2.63. The Balaban J connectivity index is 1.59. The van der Waals surface area contributed by atoms with Gasteiger partial charge in [-0.25, -0.2) is 4.79 Å². The number of aromatic nitrogens is 5. The summed E-state index contributed by atoms with van der Waals surface area (Å²) in [6.07, 6.45) is 0. The second-order valence-electron chi connectivity index (χ2n) is 8.32. The van der Waals surface area contributed by atoms with Crippen LogP contribution < -0.4 is 5.32 Å². The average molecular weight is 525 g/mol. The van der Waals surface area contributed by atoms with Gasteiger partial charge in [-0.2, -0.15) is 5.10 Å². The van der Waals surface area contributed by atoms with E-state index in [9.17, 15) is 9.59 Å². The van der Waals surface area contributed by atoms with E-state index in [4.69, 9.17) is 4.74 Å². The van der Waals surface area contributed by atoms with Crippen LogP contribution in [-0.2, 0) is 16.6 Å². The predicted octanol–water partition coefficient (Wildman–Crippen LogP) is 4.87. The molecule has 3 heterocycles. The monoisotopic (exact) mass is 524 g/mol. The first-order valence-electron chi connectivity index (χ1n) is 11.4. The fraction of sp³-hybridized carbons (Fsp3) is 0.320. The number of hydrogen-bond acceptors (Lipinski definition) is 8. The van der Waals surface area contributed by atoms with Crippen molar-refractivity contribution in [2.24, 2.45) is 7.05 Å². The van der Waals surface area contributed by atoms with Crippen molar-refractivity contribution in [1.82, 2.24) is 24.5 Å². The molecule has 0 unspecified atom stereocenters. The van der Waals surface area contributed by atoms with Gasteiger partial charge in [0.2, 0.25) is 5.91 Å². The number of nitrogens with one attached hydrogen (secondary N) is 1. The Morgan fingerprint density at radius 3 is 2.47 bits per heavy atom. The first-order chi connectivity index (χ1) is 17.2. The van der Waals surface area contributed by atoms with Gasteiger partial charge < -0.3 is 10.1 Å². The number of thiophene rings is 1. The number of anilines is 1. The maximum absolute atomic E-state index is 12.9. The van der Waals surface area contributed by atoms with Crippen LogP contribution in [-0.4, -0.2) is 48.8 Å². The van der Waals surface area contributed by atoms with E-state index in [0.717, 1.165) is 27.4 Å². The minimum absolute atomic E-state index is 0.0868. The lowest BCUT2D eigenvalue weighted by Gasteiger charge is -2.10. The number of thioether (sulfide) groups is 1. The lowest BCUT2D eigenvalue weighted by molar-refractivity contribution is -0.113. The number of rotatable bonds is 8. The number of hydrogen-bond donors (Lipinski definition) is 1. The number of esters is 1. The van der Waals surface area contributed by atoms with E-state index in [1.165, 1.54) is 23.1 Å². The maximum Gasteiger partial charge on any atom is 0.341 e. The number of amides is 1. The van der Waals surface area contributed by atoms with Crippen molar-refractivity contribution < 1.29 is 14.3 Å². The summed E-state index contributed by atoms with van der Waals surface area (Å²) < 4.78 is 8.88. The van der Waals surface area contributed by atoms with E-state index in [0.29, 0.717) is 27.2 Å². The summed E-state index contributed by atoms with van der Waals surface area (Å²) in [5, 5.41) is 17.3. The summed E-state index contributed by atoms with van der Waals surface area (Å²) in [6, 6.07) is 9.97. The minimum atomic E-state index is -0.434. The van der Waals surface area contributed by atoms with Crippen LogP contribution >= 0.6 is 23.1 Å². The molecule has 36 heavy (non-hydrogen) atoms. The molecule has 0 aliphatic rings. The molecular formula is C25H28N6O3S2. The van der Waals surface area contributed by atoms with E-state index in [1.807, 2.05) is 69.6 Å². The van der Waals surface area contributed by atoms with Crippen molar-refractivity contribution in [1.29, 1.82) is 0 Å². The van der Waals surface area contributed by atoms with Gasteiger partial charge in [-0.15, -0.1) is 21.5 Å². The fourth-order valence-corrected chi connectivity index (χ4v) is 5.40. The normalized spacial score (nSPS) is 11.1. The lowest BCUT2D eigenvalue weighted by Crippen LogP contribution is -2.16. The first kappa shape index (κ1) is 25.6. The van der Waals surface area contributed by atoms with Crippen LogP contribution in [0.4, 0.5) is 5.00 Å². The molecule has 188 valence electrons. The standard InChI is InChI=1S/C25H28N6O3S2/c1-7-34-24(33)21-16(4)17(5)36-23(21)26-20(32)13-35-25-28-27-22(19-12-15(3)30(6)29-19)31(25)18-10-8-14(2)9-11-18/h8-12H,7,13H2,1-6H3,(H,26,32). The first-order valence-corrected chi connectivity index (χ1v) is 13.2. The van der Waals surface area contributed by atoms with Crippen molar-refractivity contribution in [3.63, 3.8) is 0 Å². The van der Waals surface area contributed by atoms with Crippen molar-refractivity contribution in [3.05, 3.63) is 57.6 Å². The highest BCUT2D eigenvalue weighted by Crippen LogP contribution is 2.34. The maximum atomic E-state index is 12.9. The Morgan fingerprint density at radius 1 is 1.11 bits per heavy atom. The molecule has 0 aliphatic heterocycles. The number of carbonyl (C=O) groups excluding carboxylic acids is 2.